The van der Waals surface area contributed by atoms with E-state index in [2.05, 4.69) is 0 Å². The van der Waals surface area contributed by atoms with Crippen molar-refractivity contribution >= 4 is 16.0 Å². The van der Waals surface area contributed by atoms with E-state index in [9.17, 15) is 13.2 Å². The number of carbonyl (C=O) groups is 1. The van der Waals surface area contributed by atoms with Crippen LogP contribution >= 0.6 is 0 Å². The molecule has 20 heavy (non-hydrogen) atoms. The van der Waals surface area contributed by atoms with Gasteiger partial charge in [0.2, 0.25) is 10.0 Å². The van der Waals surface area contributed by atoms with Crippen molar-refractivity contribution in [1.82, 2.24) is 4.31 Å². The van der Waals surface area contributed by atoms with Crippen LogP contribution in [0.2, 0.25) is 0 Å². The molecule has 0 aliphatic carbocycles. The Morgan fingerprint density at radius 3 is 2.40 bits per heavy atom. The Balaban J connectivity index is 1.99. The summed E-state index contributed by atoms with van der Waals surface area (Å²) < 4.78 is 31.4. The van der Waals surface area contributed by atoms with Crippen LogP contribution in [0.5, 0.6) is 0 Å². The van der Waals surface area contributed by atoms with Crippen LogP contribution in [0.4, 0.5) is 0 Å². The summed E-state index contributed by atoms with van der Waals surface area (Å²) in [5.74, 6) is -0.543. The van der Waals surface area contributed by atoms with Crippen LogP contribution in [0.3, 0.4) is 0 Å². The Bertz CT molecular complexity index is 436. The Hall–Kier alpha value is -0.660. The van der Waals surface area contributed by atoms with E-state index in [-0.39, 0.29) is 30.2 Å². The molecule has 2 aliphatic heterocycles. The summed E-state index contributed by atoms with van der Waals surface area (Å²) in [5.41, 5.74) is 0. The zero-order valence-electron chi connectivity index (χ0n) is 11.8. The predicted octanol–water partition coefficient (Wildman–Crippen LogP) is 1.07. The number of piperidine rings is 1. The minimum absolute atomic E-state index is 0.00523. The first-order valence-corrected chi connectivity index (χ1v) is 8.77. The van der Waals surface area contributed by atoms with Gasteiger partial charge in [-0.2, -0.15) is 4.31 Å². The molecule has 2 atom stereocenters. The third kappa shape index (κ3) is 3.51. The number of methoxy groups -OCH3 is 1. The van der Waals surface area contributed by atoms with E-state index >= 15 is 0 Å². The summed E-state index contributed by atoms with van der Waals surface area (Å²) >= 11 is 0. The van der Waals surface area contributed by atoms with Gasteiger partial charge in [-0.3, -0.25) is 4.79 Å². The molecule has 2 heterocycles. The second kappa shape index (κ2) is 6.41. The predicted molar refractivity (Wildman–Crippen MR) is 73.9 cm³/mol. The number of rotatable bonds is 7. The first-order valence-electron chi connectivity index (χ1n) is 7.16. The Labute approximate surface area is 120 Å². The largest absolute Gasteiger partial charge is 0.481 e. The first-order chi connectivity index (χ1) is 9.44. The Morgan fingerprint density at radius 1 is 1.30 bits per heavy atom. The van der Waals surface area contributed by atoms with Crippen LogP contribution in [0.25, 0.3) is 0 Å². The normalized spacial score (nSPS) is 30.6. The summed E-state index contributed by atoms with van der Waals surface area (Å²) in [4.78, 5) is 10.8. The van der Waals surface area contributed by atoms with Crippen molar-refractivity contribution in [1.29, 1.82) is 0 Å². The van der Waals surface area contributed by atoms with Gasteiger partial charge in [-0.1, -0.05) is 0 Å². The maximum absolute atomic E-state index is 12.4. The van der Waals surface area contributed by atoms with Crippen molar-refractivity contribution in [3.05, 3.63) is 0 Å². The van der Waals surface area contributed by atoms with Crippen molar-refractivity contribution in [2.45, 2.75) is 50.6 Å². The molecule has 6 nitrogen and oxygen atoms in total. The summed E-state index contributed by atoms with van der Waals surface area (Å²) in [6, 6.07) is 0.0105. The lowest BCUT2D eigenvalue weighted by molar-refractivity contribution is -0.138. The van der Waals surface area contributed by atoms with Crippen molar-refractivity contribution in [3.63, 3.8) is 0 Å². The third-order valence-corrected chi connectivity index (χ3v) is 6.34. The smallest absolute Gasteiger partial charge is 0.303 e. The number of carboxylic acid groups (broad SMARTS) is 1. The average Bonchev–Trinajstić information content (AvgIpc) is 2.62. The number of hydrogen-bond acceptors (Lipinski definition) is 4. The molecule has 0 aromatic heterocycles. The Kier molecular flexibility index (Phi) is 5.04. The van der Waals surface area contributed by atoms with Gasteiger partial charge in [0.1, 0.15) is 0 Å². The van der Waals surface area contributed by atoms with Gasteiger partial charge in [0.05, 0.1) is 5.75 Å². The number of fused-ring (bicyclic) bond motifs is 2. The SMILES string of the molecule is COCCCS(=O)(=O)N1C2CCC1CC(CC(=O)O)C2. The zero-order valence-corrected chi connectivity index (χ0v) is 12.6. The van der Waals surface area contributed by atoms with E-state index in [0.717, 1.165) is 12.8 Å². The molecule has 2 unspecified atom stereocenters. The molecule has 1 N–H and O–H groups in total. The third-order valence-electron chi connectivity index (χ3n) is 4.30. The van der Waals surface area contributed by atoms with Crippen LogP contribution in [-0.2, 0) is 19.6 Å². The van der Waals surface area contributed by atoms with Crippen LogP contribution in [0.1, 0.15) is 38.5 Å². The number of hydrogen-bond donors (Lipinski definition) is 1. The molecule has 7 heteroatoms. The molecule has 0 amide bonds. The Morgan fingerprint density at radius 2 is 1.90 bits per heavy atom. The fourth-order valence-corrected chi connectivity index (χ4v) is 5.59. The van der Waals surface area contributed by atoms with Crippen molar-refractivity contribution in [2.24, 2.45) is 5.92 Å². The number of sulfonamides is 1. The van der Waals surface area contributed by atoms with Gasteiger partial charge in [-0.15, -0.1) is 0 Å². The van der Waals surface area contributed by atoms with E-state index in [1.54, 1.807) is 11.4 Å². The summed E-state index contributed by atoms with van der Waals surface area (Å²) in [6.07, 6.45) is 3.77. The standard InChI is InChI=1S/C13H23NO5S/c1-19-5-2-6-20(17,18)14-11-3-4-12(14)8-10(7-11)9-13(15)16/h10-12H,2-9H2,1H3,(H,15,16). The minimum Gasteiger partial charge on any atom is -0.481 e. The zero-order chi connectivity index (χ0) is 14.8. The quantitative estimate of drug-likeness (QED) is 0.711. The highest BCUT2D eigenvalue weighted by atomic mass is 32.2. The fraction of sp³-hybridized carbons (Fsp3) is 0.923. The number of carboxylic acids is 1. The summed E-state index contributed by atoms with van der Waals surface area (Å²) in [7, 11) is -1.67. The van der Waals surface area contributed by atoms with Crippen molar-refractivity contribution in [3.8, 4) is 0 Å². The molecule has 0 spiro atoms. The molecule has 2 bridgehead atoms. The topological polar surface area (TPSA) is 83.9 Å². The monoisotopic (exact) mass is 305 g/mol. The molecule has 0 aromatic carbocycles. The van der Waals surface area contributed by atoms with E-state index in [0.29, 0.717) is 25.9 Å². The molecule has 2 fully saturated rings. The second-order valence-electron chi connectivity index (χ2n) is 5.81. The van der Waals surface area contributed by atoms with E-state index in [1.165, 1.54) is 0 Å². The van der Waals surface area contributed by atoms with Gasteiger partial charge in [0, 0.05) is 32.2 Å². The van der Waals surface area contributed by atoms with Gasteiger partial charge in [-0.05, 0) is 38.0 Å². The van der Waals surface area contributed by atoms with Crippen LogP contribution < -0.4 is 0 Å². The van der Waals surface area contributed by atoms with Gasteiger partial charge in [0.15, 0.2) is 0 Å². The fourth-order valence-electron chi connectivity index (χ4n) is 3.61. The molecular formula is C13H23NO5S. The highest BCUT2D eigenvalue weighted by Crippen LogP contribution is 2.41. The molecule has 2 saturated heterocycles. The van der Waals surface area contributed by atoms with Gasteiger partial charge >= 0.3 is 5.97 Å². The molecule has 0 saturated carbocycles. The average molecular weight is 305 g/mol. The minimum atomic E-state index is -3.24. The van der Waals surface area contributed by atoms with Gasteiger partial charge in [-0.25, -0.2) is 8.42 Å². The molecule has 0 aromatic rings. The van der Waals surface area contributed by atoms with E-state index < -0.39 is 16.0 Å². The maximum atomic E-state index is 12.4. The molecule has 0 radical (unpaired) electrons. The highest BCUT2D eigenvalue weighted by molar-refractivity contribution is 7.89. The number of nitrogens with zero attached hydrogens (tertiary/aromatic N) is 1. The van der Waals surface area contributed by atoms with Crippen molar-refractivity contribution < 1.29 is 23.1 Å². The lowest BCUT2D eigenvalue weighted by atomic mass is 9.90. The lowest BCUT2D eigenvalue weighted by Gasteiger charge is -2.37. The molecule has 116 valence electrons. The lowest BCUT2D eigenvalue weighted by Crippen LogP contribution is -2.47. The summed E-state index contributed by atoms with van der Waals surface area (Å²) in [5, 5.41) is 8.88. The molecule has 2 aliphatic rings. The first kappa shape index (κ1) is 15.7. The van der Waals surface area contributed by atoms with Crippen LogP contribution in [0.15, 0.2) is 0 Å². The van der Waals surface area contributed by atoms with E-state index in [4.69, 9.17) is 9.84 Å². The molecule has 2 rings (SSSR count). The van der Waals surface area contributed by atoms with Gasteiger partial charge < -0.3 is 9.84 Å². The van der Waals surface area contributed by atoms with Crippen molar-refractivity contribution in [2.75, 3.05) is 19.5 Å². The molecular weight excluding hydrogens is 282 g/mol. The number of aliphatic carboxylic acids is 1. The van der Waals surface area contributed by atoms with E-state index in [1.807, 2.05) is 0 Å². The number of ether oxygens (including phenoxy) is 1. The van der Waals surface area contributed by atoms with Crippen LogP contribution in [0, 0.1) is 5.92 Å². The van der Waals surface area contributed by atoms with Gasteiger partial charge in [0.25, 0.3) is 0 Å². The second-order valence-corrected chi connectivity index (χ2v) is 7.81. The summed E-state index contributed by atoms with van der Waals surface area (Å²) in [6.45, 7) is 0.448. The van der Waals surface area contributed by atoms with Crippen LogP contribution in [-0.4, -0.2) is 55.4 Å². The maximum Gasteiger partial charge on any atom is 0.303 e. The highest BCUT2D eigenvalue weighted by Gasteiger charge is 2.46.